The highest BCUT2D eigenvalue weighted by Gasteiger charge is 2.31. The largest absolute Gasteiger partial charge is 0.416 e. The second kappa shape index (κ2) is 8.00. The highest BCUT2D eigenvalue weighted by molar-refractivity contribution is 8.00. The van der Waals surface area contributed by atoms with Crippen molar-refractivity contribution in [3.05, 3.63) is 48.3 Å². The first kappa shape index (κ1) is 22.0. The Bertz CT molecular complexity index is 971. The lowest BCUT2D eigenvalue weighted by Crippen LogP contribution is -2.48. The molecule has 0 aliphatic carbocycles. The van der Waals surface area contributed by atoms with E-state index in [9.17, 15) is 26.4 Å². The van der Waals surface area contributed by atoms with Crippen LogP contribution >= 0.6 is 11.8 Å². The van der Waals surface area contributed by atoms with Crippen LogP contribution in [-0.4, -0.2) is 25.0 Å². The van der Waals surface area contributed by atoms with Crippen molar-refractivity contribution < 1.29 is 26.4 Å². The number of carbonyl (C=O) groups is 1. The molecule has 0 fully saturated rings. The van der Waals surface area contributed by atoms with Crippen molar-refractivity contribution in [1.29, 1.82) is 0 Å². The van der Waals surface area contributed by atoms with Gasteiger partial charge in [0.15, 0.2) is 0 Å². The zero-order valence-electron chi connectivity index (χ0n) is 15.2. The predicted octanol–water partition coefficient (Wildman–Crippen LogP) is 4.04. The van der Waals surface area contributed by atoms with E-state index in [1.807, 2.05) is 4.72 Å². The molecule has 0 aliphatic heterocycles. The lowest BCUT2D eigenvalue weighted by Gasteiger charge is -2.21. The van der Waals surface area contributed by atoms with Gasteiger partial charge in [0, 0.05) is 27.7 Å². The van der Waals surface area contributed by atoms with E-state index in [1.54, 1.807) is 20.8 Å². The second-order valence-electron chi connectivity index (χ2n) is 6.76. The van der Waals surface area contributed by atoms with Crippen molar-refractivity contribution in [2.24, 2.45) is 0 Å². The molecule has 0 atom stereocenters. The molecule has 152 valence electrons. The standard InChI is InChI=1S/C17H18F3N3O3S2/c1-16(2,3)22-15(24)23-28(25,26)14-10-21-8-7-13(14)27-12-6-4-5-11(9-12)17(18,19)20/h4-10H,1-3H3,(H2,22,23,24). The van der Waals surface area contributed by atoms with Gasteiger partial charge in [-0.25, -0.2) is 17.9 Å². The molecule has 0 bridgehead atoms. The Kier molecular flexibility index (Phi) is 6.29. The Morgan fingerprint density at radius 2 is 1.82 bits per heavy atom. The van der Waals surface area contributed by atoms with Crippen molar-refractivity contribution in [2.75, 3.05) is 0 Å². The van der Waals surface area contributed by atoms with Gasteiger partial charge in [-0.1, -0.05) is 17.8 Å². The summed E-state index contributed by atoms with van der Waals surface area (Å²) in [4.78, 5) is 15.7. The van der Waals surface area contributed by atoms with E-state index in [1.165, 1.54) is 24.4 Å². The maximum atomic E-state index is 12.9. The number of sulfonamides is 1. The van der Waals surface area contributed by atoms with E-state index in [4.69, 9.17) is 0 Å². The zero-order chi connectivity index (χ0) is 21.2. The molecule has 2 rings (SSSR count). The Labute approximate surface area is 165 Å². The summed E-state index contributed by atoms with van der Waals surface area (Å²) in [6.07, 6.45) is -2.18. The molecule has 1 heterocycles. The number of halogens is 3. The number of hydrogen-bond acceptors (Lipinski definition) is 5. The van der Waals surface area contributed by atoms with E-state index in [0.29, 0.717) is 0 Å². The molecule has 11 heteroatoms. The van der Waals surface area contributed by atoms with Gasteiger partial charge in [0.2, 0.25) is 0 Å². The summed E-state index contributed by atoms with van der Waals surface area (Å²) in [5.74, 6) is 0. The number of nitrogens with one attached hydrogen (secondary N) is 2. The first-order valence-corrected chi connectivity index (χ1v) is 10.2. The van der Waals surface area contributed by atoms with Crippen LogP contribution in [0, 0.1) is 0 Å². The van der Waals surface area contributed by atoms with E-state index in [-0.39, 0.29) is 14.7 Å². The van der Waals surface area contributed by atoms with Gasteiger partial charge >= 0.3 is 12.2 Å². The predicted molar refractivity (Wildman–Crippen MR) is 98.4 cm³/mol. The quantitative estimate of drug-likeness (QED) is 0.760. The summed E-state index contributed by atoms with van der Waals surface area (Å²) in [6, 6.07) is 4.92. The second-order valence-corrected chi connectivity index (χ2v) is 9.53. The summed E-state index contributed by atoms with van der Waals surface area (Å²) < 4.78 is 65.7. The van der Waals surface area contributed by atoms with E-state index < -0.39 is 33.3 Å². The molecule has 0 unspecified atom stereocenters. The number of rotatable bonds is 4. The number of pyridine rings is 1. The Morgan fingerprint density at radius 3 is 2.43 bits per heavy atom. The summed E-state index contributed by atoms with van der Waals surface area (Å²) in [7, 11) is -4.29. The maximum absolute atomic E-state index is 12.9. The maximum Gasteiger partial charge on any atom is 0.416 e. The van der Waals surface area contributed by atoms with E-state index >= 15 is 0 Å². The molecule has 0 radical (unpaired) electrons. The molecule has 2 amide bonds. The normalized spacial score (nSPS) is 12.5. The fourth-order valence-corrected chi connectivity index (χ4v) is 4.32. The Morgan fingerprint density at radius 1 is 1.14 bits per heavy atom. The minimum absolute atomic E-state index is 0.130. The van der Waals surface area contributed by atoms with Crippen molar-refractivity contribution in [3.63, 3.8) is 0 Å². The van der Waals surface area contributed by atoms with E-state index in [2.05, 4.69) is 10.3 Å². The van der Waals surface area contributed by atoms with Crippen molar-refractivity contribution >= 4 is 27.8 Å². The molecule has 1 aromatic carbocycles. The van der Waals surface area contributed by atoms with Crippen LogP contribution in [0.1, 0.15) is 26.3 Å². The number of nitrogens with zero attached hydrogens (tertiary/aromatic N) is 1. The van der Waals surface area contributed by atoms with Crippen LogP contribution in [0.5, 0.6) is 0 Å². The number of urea groups is 1. The van der Waals surface area contributed by atoms with Crippen LogP contribution in [0.3, 0.4) is 0 Å². The smallest absolute Gasteiger partial charge is 0.333 e. The summed E-state index contributed by atoms with van der Waals surface area (Å²) in [6.45, 7) is 5.04. The number of carbonyl (C=O) groups excluding carboxylic acids is 1. The summed E-state index contributed by atoms with van der Waals surface area (Å²) in [5, 5.41) is 2.46. The molecule has 0 spiro atoms. The number of hydrogen-bond donors (Lipinski definition) is 2. The van der Waals surface area contributed by atoms with Crippen LogP contribution in [0.4, 0.5) is 18.0 Å². The number of alkyl halides is 3. The van der Waals surface area contributed by atoms with Gasteiger partial charge < -0.3 is 5.32 Å². The van der Waals surface area contributed by atoms with Crippen molar-refractivity contribution in [2.45, 2.75) is 47.2 Å². The monoisotopic (exact) mass is 433 g/mol. The third-order valence-electron chi connectivity index (χ3n) is 3.14. The fourth-order valence-electron chi connectivity index (χ4n) is 2.06. The minimum atomic E-state index is -4.52. The highest BCUT2D eigenvalue weighted by Crippen LogP contribution is 2.36. The average molecular weight is 433 g/mol. The number of benzene rings is 1. The Hall–Kier alpha value is -2.27. The molecule has 6 nitrogen and oxygen atoms in total. The van der Waals surface area contributed by atoms with Crippen LogP contribution in [0.25, 0.3) is 0 Å². The van der Waals surface area contributed by atoms with Crippen molar-refractivity contribution in [3.8, 4) is 0 Å². The van der Waals surface area contributed by atoms with Gasteiger partial charge in [-0.2, -0.15) is 13.2 Å². The van der Waals surface area contributed by atoms with E-state index in [0.717, 1.165) is 30.1 Å². The SMILES string of the molecule is CC(C)(C)NC(=O)NS(=O)(=O)c1cnccc1Sc1cccc(C(F)(F)F)c1. The molecule has 0 saturated heterocycles. The van der Waals surface area contributed by atoms with Gasteiger partial charge in [0.1, 0.15) is 4.90 Å². The summed E-state index contributed by atoms with van der Waals surface area (Å²) >= 11 is 0.821. The van der Waals surface area contributed by atoms with Crippen LogP contribution < -0.4 is 10.0 Å². The number of amides is 2. The van der Waals surface area contributed by atoms with Gasteiger partial charge in [0.25, 0.3) is 10.0 Å². The minimum Gasteiger partial charge on any atom is -0.333 e. The van der Waals surface area contributed by atoms with Crippen LogP contribution in [0.2, 0.25) is 0 Å². The third kappa shape index (κ3) is 6.13. The van der Waals surface area contributed by atoms with Crippen LogP contribution in [0.15, 0.2) is 57.4 Å². The first-order valence-electron chi connectivity index (χ1n) is 7.92. The Balaban J connectivity index is 2.32. The molecule has 2 aromatic rings. The zero-order valence-corrected chi connectivity index (χ0v) is 16.8. The molecular formula is C17H18F3N3O3S2. The van der Waals surface area contributed by atoms with Crippen molar-refractivity contribution in [1.82, 2.24) is 15.0 Å². The third-order valence-corrected chi connectivity index (χ3v) is 5.69. The first-order chi connectivity index (χ1) is 12.8. The molecule has 0 aliphatic rings. The van der Waals surface area contributed by atoms with Gasteiger partial charge in [0.05, 0.1) is 5.56 Å². The van der Waals surface area contributed by atoms with Gasteiger partial charge in [-0.15, -0.1) is 0 Å². The lowest BCUT2D eigenvalue weighted by atomic mass is 10.1. The molecular weight excluding hydrogens is 415 g/mol. The van der Waals surface area contributed by atoms with Crippen LogP contribution in [-0.2, 0) is 16.2 Å². The van der Waals surface area contributed by atoms with Gasteiger partial charge in [-0.05, 0) is 45.0 Å². The molecule has 0 saturated carbocycles. The van der Waals surface area contributed by atoms with Gasteiger partial charge in [-0.3, -0.25) is 4.98 Å². The fraction of sp³-hybridized carbons (Fsp3) is 0.294. The number of aromatic nitrogens is 1. The molecule has 28 heavy (non-hydrogen) atoms. The lowest BCUT2D eigenvalue weighted by molar-refractivity contribution is -0.137. The average Bonchev–Trinajstić information content (AvgIpc) is 2.52. The topological polar surface area (TPSA) is 88.2 Å². The highest BCUT2D eigenvalue weighted by atomic mass is 32.2. The molecule has 2 N–H and O–H groups in total. The molecule has 1 aromatic heterocycles. The summed E-state index contributed by atoms with van der Waals surface area (Å²) in [5.41, 5.74) is -1.51.